The van der Waals surface area contributed by atoms with E-state index in [9.17, 15) is 9.59 Å². The highest BCUT2D eigenvalue weighted by molar-refractivity contribution is 14.1. The van der Waals surface area contributed by atoms with Crippen molar-refractivity contribution in [2.45, 2.75) is 6.04 Å². The Morgan fingerprint density at radius 1 is 1.50 bits per heavy atom. The summed E-state index contributed by atoms with van der Waals surface area (Å²) in [4.78, 5) is 24.8. The first kappa shape index (κ1) is 14.1. The van der Waals surface area contributed by atoms with Gasteiger partial charge in [-0.2, -0.15) is 0 Å². The second-order valence-electron chi connectivity index (χ2n) is 3.75. The Hall–Kier alpha value is -0.280. The molecule has 1 aromatic rings. The van der Waals surface area contributed by atoms with Gasteiger partial charge in [0.15, 0.2) is 0 Å². The fourth-order valence-electron chi connectivity index (χ4n) is 1.66. The SMILES string of the molecule is O=C(O)[C@@H]1CSCN1C(=O)c1cc(I)ccc1Br. The van der Waals surface area contributed by atoms with Gasteiger partial charge >= 0.3 is 5.97 Å². The molecule has 0 aliphatic carbocycles. The van der Waals surface area contributed by atoms with Crippen LogP contribution in [0.25, 0.3) is 0 Å². The minimum atomic E-state index is -0.949. The van der Waals surface area contributed by atoms with Crippen LogP contribution in [0.4, 0.5) is 0 Å². The van der Waals surface area contributed by atoms with Crippen LogP contribution in [-0.4, -0.2) is 39.6 Å². The van der Waals surface area contributed by atoms with Crippen molar-refractivity contribution in [3.8, 4) is 0 Å². The standard InChI is InChI=1S/C11H9BrINO3S/c12-8-2-1-6(13)3-7(8)10(15)14-5-18-4-9(14)11(16)17/h1-3,9H,4-5H2,(H,16,17)/t9-/m0/s1. The number of nitrogens with zero attached hydrogens (tertiary/aromatic N) is 1. The molecule has 1 amide bonds. The Morgan fingerprint density at radius 2 is 2.22 bits per heavy atom. The lowest BCUT2D eigenvalue weighted by atomic mass is 10.2. The first-order valence-corrected chi connectivity index (χ1v) is 8.10. The van der Waals surface area contributed by atoms with Crippen molar-refractivity contribution >= 4 is 62.2 Å². The molecule has 1 saturated heterocycles. The molecule has 4 nitrogen and oxygen atoms in total. The number of halogens is 2. The molecule has 1 aliphatic heterocycles. The largest absolute Gasteiger partial charge is 0.480 e. The summed E-state index contributed by atoms with van der Waals surface area (Å²) in [5, 5.41) is 9.08. The predicted molar refractivity (Wildman–Crippen MR) is 81.8 cm³/mol. The molecule has 0 aromatic heterocycles. The third-order valence-corrected chi connectivity index (χ3v) is 4.96. The summed E-state index contributed by atoms with van der Waals surface area (Å²) >= 11 is 6.91. The van der Waals surface area contributed by atoms with Gasteiger partial charge in [-0.15, -0.1) is 11.8 Å². The summed E-state index contributed by atoms with van der Waals surface area (Å²) in [5.41, 5.74) is 0.510. The van der Waals surface area contributed by atoms with Gasteiger partial charge in [0.2, 0.25) is 0 Å². The maximum absolute atomic E-state index is 12.4. The van der Waals surface area contributed by atoms with Gasteiger partial charge in [0.05, 0.1) is 11.4 Å². The number of benzene rings is 1. The summed E-state index contributed by atoms with van der Waals surface area (Å²) in [5.74, 6) is -0.316. The van der Waals surface area contributed by atoms with Crippen molar-refractivity contribution in [2.24, 2.45) is 0 Å². The quantitative estimate of drug-likeness (QED) is 0.717. The van der Waals surface area contributed by atoms with Crippen LogP contribution in [0.1, 0.15) is 10.4 Å². The molecule has 1 atom stereocenters. The smallest absolute Gasteiger partial charge is 0.327 e. The average molecular weight is 442 g/mol. The molecule has 7 heteroatoms. The molecule has 1 heterocycles. The summed E-state index contributed by atoms with van der Waals surface area (Å²) in [6.45, 7) is 0. The molecule has 1 N–H and O–H groups in total. The summed E-state index contributed by atoms with van der Waals surface area (Å²) in [6.07, 6.45) is 0. The van der Waals surface area contributed by atoms with E-state index in [0.29, 0.717) is 21.7 Å². The summed E-state index contributed by atoms with van der Waals surface area (Å²) in [7, 11) is 0. The summed E-state index contributed by atoms with van der Waals surface area (Å²) < 4.78 is 1.63. The highest BCUT2D eigenvalue weighted by Gasteiger charge is 2.35. The number of carbonyl (C=O) groups is 2. The van der Waals surface area contributed by atoms with Gasteiger partial charge in [-0.3, -0.25) is 4.79 Å². The lowest BCUT2D eigenvalue weighted by Crippen LogP contribution is -2.41. The molecule has 0 radical (unpaired) electrons. The van der Waals surface area contributed by atoms with Crippen LogP contribution in [0.3, 0.4) is 0 Å². The molecule has 0 saturated carbocycles. The highest BCUT2D eigenvalue weighted by Crippen LogP contribution is 2.27. The van der Waals surface area contributed by atoms with Gasteiger partial charge < -0.3 is 10.0 Å². The molecule has 1 aliphatic rings. The Bertz CT molecular complexity index is 511. The van der Waals surface area contributed by atoms with E-state index in [-0.39, 0.29) is 5.91 Å². The number of carboxylic acids is 1. The Labute approximate surface area is 130 Å². The topological polar surface area (TPSA) is 57.6 Å². The zero-order chi connectivity index (χ0) is 13.3. The Morgan fingerprint density at radius 3 is 2.89 bits per heavy atom. The minimum absolute atomic E-state index is 0.238. The van der Waals surface area contributed by atoms with Crippen LogP contribution in [0.5, 0.6) is 0 Å². The van der Waals surface area contributed by atoms with E-state index in [0.717, 1.165) is 3.57 Å². The second kappa shape index (κ2) is 5.79. The van der Waals surface area contributed by atoms with Crippen LogP contribution in [0.2, 0.25) is 0 Å². The molecular weight excluding hydrogens is 433 g/mol. The number of hydrogen-bond acceptors (Lipinski definition) is 3. The van der Waals surface area contributed by atoms with E-state index in [1.54, 1.807) is 12.1 Å². The number of carbonyl (C=O) groups excluding carboxylic acids is 1. The van der Waals surface area contributed by atoms with Gasteiger partial charge in [0, 0.05) is 13.8 Å². The predicted octanol–water partition coefficient (Wildman–Crippen LogP) is 2.65. The second-order valence-corrected chi connectivity index (χ2v) is 6.85. The maximum atomic E-state index is 12.4. The highest BCUT2D eigenvalue weighted by atomic mass is 127. The molecule has 1 fully saturated rings. The normalized spacial score (nSPS) is 19.0. The molecule has 2 rings (SSSR count). The van der Waals surface area contributed by atoms with E-state index < -0.39 is 12.0 Å². The molecule has 96 valence electrons. The van der Waals surface area contributed by atoms with Crippen molar-refractivity contribution in [1.82, 2.24) is 4.90 Å². The number of amides is 1. The van der Waals surface area contributed by atoms with E-state index in [1.807, 2.05) is 6.07 Å². The van der Waals surface area contributed by atoms with Crippen molar-refractivity contribution in [1.29, 1.82) is 0 Å². The number of thioether (sulfide) groups is 1. The average Bonchev–Trinajstić information content (AvgIpc) is 2.80. The number of aliphatic carboxylic acids is 1. The first-order chi connectivity index (χ1) is 8.50. The lowest BCUT2D eigenvalue weighted by Gasteiger charge is -2.21. The van der Waals surface area contributed by atoms with E-state index in [4.69, 9.17) is 5.11 Å². The Balaban J connectivity index is 2.31. The fraction of sp³-hybridized carbons (Fsp3) is 0.273. The first-order valence-electron chi connectivity index (χ1n) is 5.07. The van der Waals surface area contributed by atoms with Crippen LogP contribution in [0.15, 0.2) is 22.7 Å². The van der Waals surface area contributed by atoms with Crippen LogP contribution >= 0.6 is 50.3 Å². The minimum Gasteiger partial charge on any atom is -0.480 e. The van der Waals surface area contributed by atoms with Gasteiger partial charge in [0.25, 0.3) is 5.91 Å². The van der Waals surface area contributed by atoms with Crippen LogP contribution < -0.4 is 0 Å². The number of hydrogen-bond donors (Lipinski definition) is 1. The zero-order valence-electron chi connectivity index (χ0n) is 9.10. The molecule has 18 heavy (non-hydrogen) atoms. The van der Waals surface area contributed by atoms with Crippen LogP contribution in [0, 0.1) is 3.57 Å². The number of carboxylic acid groups (broad SMARTS) is 1. The van der Waals surface area contributed by atoms with Crippen molar-refractivity contribution < 1.29 is 14.7 Å². The lowest BCUT2D eigenvalue weighted by molar-refractivity contribution is -0.140. The van der Waals surface area contributed by atoms with Crippen LogP contribution in [-0.2, 0) is 4.79 Å². The maximum Gasteiger partial charge on any atom is 0.327 e. The molecule has 0 spiro atoms. The zero-order valence-corrected chi connectivity index (χ0v) is 13.7. The third-order valence-electron chi connectivity index (χ3n) is 2.59. The number of rotatable bonds is 2. The van der Waals surface area contributed by atoms with Gasteiger partial charge in [-0.25, -0.2) is 4.79 Å². The van der Waals surface area contributed by atoms with Gasteiger partial charge in [0.1, 0.15) is 6.04 Å². The fourth-order valence-corrected chi connectivity index (χ4v) is 3.72. The van der Waals surface area contributed by atoms with Gasteiger partial charge in [-0.1, -0.05) is 0 Å². The molecule has 0 unspecified atom stereocenters. The monoisotopic (exact) mass is 441 g/mol. The van der Waals surface area contributed by atoms with E-state index >= 15 is 0 Å². The van der Waals surface area contributed by atoms with Crippen molar-refractivity contribution in [2.75, 3.05) is 11.6 Å². The van der Waals surface area contributed by atoms with E-state index in [1.165, 1.54) is 16.7 Å². The van der Waals surface area contributed by atoms with Crippen molar-refractivity contribution in [3.05, 3.63) is 31.8 Å². The van der Waals surface area contributed by atoms with Crippen molar-refractivity contribution in [3.63, 3.8) is 0 Å². The van der Waals surface area contributed by atoms with E-state index in [2.05, 4.69) is 38.5 Å². The third kappa shape index (κ3) is 2.83. The van der Waals surface area contributed by atoms with Gasteiger partial charge in [-0.05, 0) is 56.7 Å². The Kier molecular flexibility index (Phi) is 4.54. The summed E-state index contributed by atoms with van der Waals surface area (Å²) in [6, 6.07) is 4.71. The molecular formula is C11H9BrINO3S. The molecule has 0 bridgehead atoms. The molecule has 1 aromatic carbocycles.